The van der Waals surface area contributed by atoms with Crippen LogP contribution >= 0.6 is 0 Å². The topological polar surface area (TPSA) is 116 Å². The number of halogens is 17. The van der Waals surface area contributed by atoms with Crippen molar-refractivity contribution in [1.82, 2.24) is 0 Å². The summed E-state index contributed by atoms with van der Waals surface area (Å²) < 4.78 is 261. The van der Waals surface area contributed by atoms with Crippen molar-refractivity contribution < 1.29 is 102 Å². The first kappa shape index (κ1) is 49.9. The van der Waals surface area contributed by atoms with Gasteiger partial charge in [-0.15, -0.1) is 0 Å². The predicted molar refractivity (Wildman–Crippen MR) is 154 cm³/mol. The van der Waals surface area contributed by atoms with E-state index in [0.717, 1.165) is 37.6 Å². The van der Waals surface area contributed by atoms with Gasteiger partial charge in [0.1, 0.15) is 6.61 Å². The third-order valence-corrected chi connectivity index (χ3v) is 8.43. The van der Waals surface area contributed by atoms with E-state index in [0.29, 0.717) is 32.1 Å². The third-order valence-electron chi connectivity index (χ3n) is 7.55. The summed E-state index contributed by atoms with van der Waals surface area (Å²) >= 11 is 0. The molecule has 9 nitrogen and oxygen atoms in total. The fourth-order valence-corrected chi connectivity index (χ4v) is 4.79. The number of nitrogens with zero attached hydrogens (tertiary/aromatic N) is 3. The van der Waals surface area contributed by atoms with E-state index in [9.17, 15) is 87.6 Å². The van der Waals surface area contributed by atoms with Crippen molar-refractivity contribution in [1.29, 1.82) is 5.39 Å². The van der Waals surface area contributed by atoms with Gasteiger partial charge in [0.15, 0.2) is 20.8 Å². The molecule has 2 rings (SSSR count). The number of ether oxygens (including phenoxy) is 3. The van der Waals surface area contributed by atoms with Crippen LogP contribution in [0.25, 0.3) is 4.98 Å². The first-order valence-corrected chi connectivity index (χ1v) is 16.9. The van der Waals surface area contributed by atoms with Crippen LogP contribution in [0, 0.1) is 5.39 Å². The quantitative estimate of drug-likeness (QED) is 0.0586. The van der Waals surface area contributed by atoms with Crippen molar-refractivity contribution in [2.45, 2.75) is 92.4 Å². The number of diazo groups is 1. The van der Waals surface area contributed by atoms with Gasteiger partial charge in [-0.25, -0.2) is 8.42 Å². The molecule has 1 aromatic rings. The molecule has 0 unspecified atom stereocenters. The van der Waals surface area contributed by atoms with E-state index in [-0.39, 0.29) is 0 Å². The zero-order valence-electron chi connectivity index (χ0n) is 28.0. The molecule has 0 atom stereocenters. The first-order chi connectivity index (χ1) is 24.8. The summed E-state index contributed by atoms with van der Waals surface area (Å²) in [5.41, 5.74) is 1.50. The zero-order valence-corrected chi connectivity index (χ0v) is 28.9. The summed E-state index contributed by atoms with van der Waals surface area (Å²) in [5, 5.41) is 1.07. The highest BCUT2D eigenvalue weighted by Crippen LogP contribution is 2.64. The van der Waals surface area contributed by atoms with Gasteiger partial charge in [-0.05, 0) is 12.5 Å². The minimum atomic E-state index is -8.92. The monoisotopic (exact) mass is 861 g/mol. The Morgan fingerprint density at radius 3 is 1.65 bits per heavy atom. The highest BCUT2D eigenvalue weighted by atomic mass is 32.2. The highest BCUT2D eigenvalue weighted by molar-refractivity contribution is 7.86. The molecule has 0 aromatic heterocycles. The number of rotatable bonds is 19. The normalized spacial score (nSPS) is 15.6. The zero-order chi connectivity index (χ0) is 43.0. The van der Waals surface area contributed by atoms with Crippen LogP contribution in [0.3, 0.4) is 0 Å². The standard InChI is InChI=1S/C20H32N3O3.C8HF17O3S/c1-2-3-4-5-6-7-12-24-15-16-26-20-17-18(22-21)8-9-19(20)23-10-13-25-14-11-23;9-1(10,3(13,14)5(17,18)7(21,22)23)2(11,12)4(15,16)6(19,20)8(24,25)29(26,27)28/h8-9,17H,2-7,10-16H2,1H3;(H,26,27,28)/q+1;/p-1. The van der Waals surface area contributed by atoms with Gasteiger partial charge in [0.05, 0.1) is 31.6 Å². The van der Waals surface area contributed by atoms with Gasteiger partial charge >= 0.3 is 52.7 Å². The van der Waals surface area contributed by atoms with E-state index in [4.69, 9.17) is 19.6 Å². The van der Waals surface area contributed by atoms with Crippen molar-refractivity contribution in [3.05, 3.63) is 23.2 Å². The Hall–Kier alpha value is -3.12. The molecule has 27 heteroatoms. The molecular weight excluding hydrogens is 829 g/mol. The van der Waals surface area contributed by atoms with E-state index in [2.05, 4.69) is 16.8 Å². The van der Waals surface area contributed by atoms with E-state index in [1.165, 1.54) is 32.1 Å². The van der Waals surface area contributed by atoms with Crippen molar-refractivity contribution in [3.63, 3.8) is 0 Å². The SMILES string of the molecule is CCCCCCCCOCCOc1cc([N+]#N)ccc1N1CCOCC1.O=S(=O)([O-])C(F)(F)C(F)(F)C(F)(F)C(F)(F)C(F)(F)C(F)(F)C(F)(F)C(F)(F)F. The molecule has 0 aliphatic carbocycles. The molecule has 1 heterocycles. The fourth-order valence-electron chi connectivity index (χ4n) is 4.35. The van der Waals surface area contributed by atoms with Crippen molar-refractivity contribution in [3.8, 4) is 5.75 Å². The average Bonchev–Trinajstić information content (AvgIpc) is 3.08. The second kappa shape index (κ2) is 18.4. The van der Waals surface area contributed by atoms with E-state index >= 15 is 0 Å². The lowest BCUT2D eigenvalue weighted by Gasteiger charge is -2.42. The summed E-state index contributed by atoms with van der Waals surface area (Å²) in [6, 6.07) is 5.48. The van der Waals surface area contributed by atoms with Gasteiger partial charge in [0.2, 0.25) is 5.39 Å². The van der Waals surface area contributed by atoms with Gasteiger partial charge in [-0.2, -0.15) is 74.6 Å². The summed E-state index contributed by atoms with van der Waals surface area (Å²) in [4.78, 5) is 5.50. The third kappa shape index (κ3) is 10.4. The molecule has 0 spiro atoms. The van der Waals surface area contributed by atoms with Gasteiger partial charge in [0.25, 0.3) is 0 Å². The Kier molecular flexibility index (Phi) is 16.7. The largest absolute Gasteiger partial charge is 0.743 e. The molecular formula is C28H32F17N3O6S. The number of hydrogen-bond donors (Lipinski definition) is 0. The number of unbranched alkanes of at least 4 members (excludes halogenated alkanes) is 5. The Balaban J connectivity index is 0.000000552. The summed E-state index contributed by atoms with van der Waals surface area (Å²) in [7, 11) is -8.14. The van der Waals surface area contributed by atoms with E-state index in [1.54, 1.807) is 12.1 Å². The van der Waals surface area contributed by atoms with Gasteiger partial charge < -0.3 is 23.7 Å². The van der Waals surface area contributed by atoms with Crippen LogP contribution in [0.4, 0.5) is 86.0 Å². The van der Waals surface area contributed by atoms with Crippen molar-refractivity contribution in [2.75, 3.05) is 51.0 Å². The fraction of sp³-hybridized carbons (Fsp3) is 0.786. The van der Waals surface area contributed by atoms with Crippen molar-refractivity contribution >= 4 is 21.5 Å². The average molecular weight is 862 g/mol. The lowest BCUT2D eigenvalue weighted by molar-refractivity contribution is -0.458. The Morgan fingerprint density at radius 1 is 0.709 bits per heavy atom. The maximum Gasteiger partial charge on any atom is 0.460 e. The maximum atomic E-state index is 13.0. The van der Waals surface area contributed by atoms with Crippen LogP contribution in [0.5, 0.6) is 5.75 Å². The lowest BCUT2D eigenvalue weighted by atomic mass is 9.91. The van der Waals surface area contributed by atoms with Crippen molar-refractivity contribution in [2.24, 2.45) is 0 Å². The van der Waals surface area contributed by atoms with Crippen LogP contribution in [0.1, 0.15) is 45.4 Å². The molecule has 1 saturated heterocycles. The Bertz CT molecular complexity index is 1530. The van der Waals surface area contributed by atoms with Crippen LogP contribution in [-0.4, -0.2) is 106 Å². The van der Waals surface area contributed by atoms with Crippen LogP contribution in [0.15, 0.2) is 18.2 Å². The molecule has 320 valence electrons. The van der Waals surface area contributed by atoms with E-state index in [1.807, 2.05) is 6.07 Å². The van der Waals surface area contributed by atoms with Crippen LogP contribution in [0.2, 0.25) is 0 Å². The summed E-state index contributed by atoms with van der Waals surface area (Å²) in [6.45, 7) is 7.18. The molecule has 55 heavy (non-hydrogen) atoms. The van der Waals surface area contributed by atoms with E-state index < -0.39 is 57.1 Å². The second-order valence-corrected chi connectivity index (χ2v) is 12.9. The Labute approximate surface area is 301 Å². The van der Waals surface area contributed by atoms with Crippen LogP contribution in [-0.2, 0) is 19.6 Å². The molecule has 1 aliphatic rings. The molecule has 1 aromatic carbocycles. The highest BCUT2D eigenvalue weighted by Gasteiger charge is 2.95. The minimum Gasteiger partial charge on any atom is -0.743 e. The van der Waals surface area contributed by atoms with Gasteiger partial charge in [-0.1, -0.05) is 39.0 Å². The molecule has 0 amide bonds. The number of anilines is 1. The second-order valence-electron chi connectivity index (χ2n) is 11.5. The van der Waals surface area contributed by atoms with Gasteiger partial charge in [-0.3, -0.25) is 0 Å². The van der Waals surface area contributed by atoms with Crippen LogP contribution < -0.4 is 9.64 Å². The molecule has 0 saturated carbocycles. The smallest absolute Gasteiger partial charge is 0.460 e. The summed E-state index contributed by atoms with van der Waals surface area (Å²) in [6.07, 6.45) is -0.297. The number of benzene rings is 1. The molecule has 1 aliphatic heterocycles. The molecule has 1 fully saturated rings. The Morgan fingerprint density at radius 2 is 1.18 bits per heavy atom. The lowest BCUT2D eigenvalue weighted by Crippen LogP contribution is -2.75. The first-order valence-electron chi connectivity index (χ1n) is 15.5. The summed E-state index contributed by atoms with van der Waals surface area (Å²) in [5.74, 6) is -51.4. The molecule has 0 bridgehead atoms. The van der Waals surface area contributed by atoms with Gasteiger partial charge in [0, 0.05) is 25.8 Å². The molecule has 0 N–H and O–H groups in total. The minimum absolute atomic E-state index is 0.488. The number of hydrogen-bond acceptors (Lipinski definition) is 8. The molecule has 0 radical (unpaired) electrons. The number of alkyl halides is 17. The maximum absolute atomic E-state index is 13.0. The number of morpholine rings is 1. The predicted octanol–water partition coefficient (Wildman–Crippen LogP) is 9.26.